The number of carbonyl (C=O) groups is 3. The second-order valence-corrected chi connectivity index (χ2v) is 8.90. The predicted octanol–water partition coefficient (Wildman–Crippen LogP) is 4.46. The van der Waals surface area contributed by atoms with Crippen LogP contribution in [0.4, 0.5) is 17.2 Å². The van der Waals surface area contributed by atoms with Crippen molar-refractivity contribution >= 4 is 34.9 Å². The highest BCUT2D eigenvalue weighted by Gasteiger charge is 2.30. The van der Waals surface area contributed by atoms with E-state index in [1.165, 1.54) is 4.90 Å². The number of aromatic nitrogens is 1. The number of likely N-dealkylation sites (N-methyl/N-ethyl adjacent to an activating group) is 1. The molecular formula is C29H33N5O3. The summed E-state index contributed by atoms with van der Waals surface area (Å²) in [5, 5.41) is 2.84. The summed E-state index contributed by atoms with van der Waals surface area (Å²) in [4.78, 5) is 49.7. The molecule has 3 amide bonds. The minimum Gasteiger partial charge on any atom is -0.337 e. The van der Waals surface area contributed by atoms with Crippen LogP contribution >= 0.6 is 0 Å². The minimum atomic E-state index is -0.304. The second-order valence-electron chi connectivity index (χ2n) is 8.90. The Labute approximate surface area is 217 Å². The molecule has 0 fully saturated rings. The highest BCUT2D eigenvalue weighted by atomic mass is 16.2. The van der Waals surface area contributed by atoms with Crippen molar-refractivity contribution in [3.8, 4) is 0 Å². The molecule has 2 aromatic carbocycles. The lowest BCUT2D eigenvalue weighted by Crippen LogP contribution is -2.39. The number of hydrogen-bond acceptors (Lipinski definition) is 5. The fraction of sp³-hybridized carbons (Fsp3) is 0.310. The van der Waals surface area contributed by atoms with Crippen molar-refractivity contribution in [3.05, 3.63) is 84.1 Å². The molecule has 4 rings (SSSR count). The van der Waals surface area contributed by atoms with Gasteiger partial charge in [-0.1, -0.05) is 56.3 Å². The first-order chi connectivity index (χ1) is 18.0. The van der Waals surface area contributed by atoms with Gasteiger partial charge in [0, 0.05) is 38.7 Å². The van der Waals surface area contributed by atoms with Gasteiger partial charge >= 0.3 is 0 Å². The molecule has 0 unspecified atom stereocenters. The first kappa shape index (κ1) is 26.0. The Morgan fingerprint density at radius 1 is 0.892 bits per heavy atom. The summed E-state index contributed by atoms with van der Waals surface area (Å²) in [6.07, 6.45) is 1.64. The minimum absolute atomic E-state index is 0.00602. The molecule has 0 atom stereocenters. The average Bonchev–Trinajstić information content (AvgIpc) is 3.05. The number of nitrogens with one attached hydrogen (secondary N) is 1. The number of anilines is 3. The van der Waals surface area contributed by atoms with Crippen LogP contribution in [0, 0.1) is 0 Å². The number of hydrogen-bond donors (Lipinski definition) is 1. The van der Waals surface area contributed by atoms with Crippen molar-refractivity contribution in [3.63, 3.8) is 0 Å². The lowest BCUT2D eigenvalue weighted by Gasteiger charge is -2.27. The molecule has 0 spiro atoms. The van der Waals surface area contributed by atoms with Gasteiger partial charge in [-0.2, -0.15) is 0 Å². The number of amides is 3. The van der Waals surface area contributed by atoms with Gasteiger partial charge in [-0.05, 0) is 42.9 Å². The molecule has 1 aliphatic rings. The van der Waals surface area contributed by atoms with E-state index >= 15 is 0 Å². The van der Waals surface area contributed by atoms with Gasteiger partial charge in [0.1, 0.15) is 0 Å². The van der Waals surface area contributed by atoms with Crippen LogP contribution in [0.5, 0.6) is 0 Å². The van der Waals surface area contributed by atoms with Crippen LogP contribution in [0.2, 0.25) is 0 Å². The van der Waals surface area contributed by atoms with E-state index in [1.54, 1.807) is 42.6 Å². The first-order valence-electron chi connectivity index (χ1n) is 12.7. The van der Waals surface area contributed by atoms with Crippen LogP contribution in [0.15, 0.2) is 72.9 Å². The maximum absolute atomic E-state index is 13.6. The Morgan fingerprint density at radius 3 is 2.38 bits per heavy atom. The van der Waals surface area contributed by atoms with E-state index in [0.29, 0.717) is 35.8 Å². The molecule has 3 aromatic rings. The zero-order valence-corrected chi connectivity index (χ0v) is 21.4. The summed E-state index contributed by atoms with van der Waals surface area (Å²) >= 11 is 0. The number of benzene rings is 2. The fourth-order valence-electron chi connectivity index (χ4n) is 4.47. The Bertz CT molecular complexity index is 1240. The first-order valence-corrected chi connectivity index (χ1v) is 12.7. The van der Waals surface area contributed by atoms with Crippen LogP contribution in [0.3, 0.4) is 0 Å². The van der Waals surface area contributed by atoms with Gasteiger partial charge in [-0.25, -0.2) is 4.98 Å². The van der Waals surface area contributed by atoms with E-state index in [2.05, 4.69) is 29.0 Å². The van der Waals surface area contributed by atoms with Gasteiger partial charge in [0.2, 0.25) is 11.8 Å². The van der Waals surface area contributed by atoms with Crippen LogP contribution < -0.4 is 10.2 Å². The standard InChI is InChI=1S/C29H33N5O3/c1-3-32(4-2)19-20-33(21-22-11-6-5-7-12-22)26(35)16-17-27(36)34-25-15-9-8-13-23(25)29(37)31-24-14-10-18-30-28(24)34/h5-15,18H,3-4,16-17,19-21H2,1-2H3,(H,31,37). The van der Waals surface area contributed by atoms with E-state index in [0.717, 1.165) is 25.2 Å². The molecule has 8 heteroatoms. The van der Waals surface area contributed by atoms with E-state index in [-0.39, 0.29) is 30.6 Å². The summed E-state index contributed by atoms with van der Waals surface area (Å²) in [6.45, 7) is 7.88. The monoisotopic (exact) mass is 499 g/mol. The fourth-order valence-corrected chi connectivity index (χ4v) is 4.47. The molecule has 0 radical (unpaired) electrons. The topological polar surface area (TPSA) is 85.9 Å². The Morgan fingerprint density at radius 2 is 1.62 bits per heavy atom. The number of nitrogens with zero attached hydrogens (tertiary/aromatic N) is 4. The Hall–Kier alpha value is -4.04. The summed E-state index contributed by atoms with van der Waals surface area (Å²) in [5.41, 5.74) is 2.34. The molecule has 1 aromatic heterocycles. The van der Waals surface area contributed by atoms with E-state index in [4.69, 9.17) is 0 Å². The molecule has 0 saturated heterocycles. The molecule has 0 aliphatic carbocycles. The Balaban J connectivity index is 1.53. The van der Waals surface area contributed by atoms with Crippen molar-refractivity contribution in [2.75, 3.05) is 36.4 Å². The maximum Gasteiger partial charge on any atom is 0.257 e. The predicted molar refractivity (Wildman–Crippen MR) is 145 cm³/mol. The quantitative estimate of drug-likeness (QED) is 0.445. The summed E-state index contributed by atoms with van der Waals surface area (Å²) in [7, 11) is 0. The second kappa shape index (κ2) is 12.3. The van der Waals surface area contributed by atoms with Crippen LogP contribution in [0.1, 0.15) is 42.6 Å². The molecule has 0 bridgehead atoms. The zero-order valence-electron chi connectivity index (χ0n) is 21.4. The molecule has 1 N–H and O–H groups in total. The third-order valence-corrected chi connectivity index (χ3v) is 6.59. The van der Waals surface area contributed by atoms with Gasteiger partial charge in [-0.15, -0.1) is 0 Å². The maximum atomic E-state index is 13.6. The lowest BCUT2D eigenvalue weighted by atomic mass is 10.1. The highest BCUT2D eigenvalue weighted by Crippen LogP contribution is 2.36. The summed E-state index contributed by atoms with van der Waals surface area (Å²) in [6, 6.07) is 20.2. The number of para-hydroxylation sites is 1. The molecule has 8 nitrogen and oxygen atoms in total. The molecule has 2 heterocycles. The van der Waals surface area contributed by atoms with Crippen LogP contribution in [-0.2, 0) is 16.1 Å². The van der Waals surface area contributed by atoms with Gasteiger partial charge in [-0.3, -0.25) is 19.3 Å². The molecule has 192 valence electrons. The number of carbonyl (C=O) groups excluding carboxylic acids is 3. The lowest BCUT2D eigenvalue weighted by molar-refractivity contribution is -0.133. The van der Waals surface area contributed by atoms with E-state index in [1.807, 2.05) is 35.2 Å². The number of pyridine rings is 1. The van der Waals surface area contributed by atoms with Crippen molar-refractivity contribution in [1.29, 1.82) is 0 Å². The van der Waals surface area contributed by atoms with E-state index < -0.39 is 0 Å². The normalized spacial score (nSPS) is 12.4. The third kappa shape index (κ3) is 6.21. The number of fused-ring (bicyclic) bond motifs is 2. The molecule has 1 aliphatic heterocycles. The van der Waals surface area contributed by atoms with Crippen molar-refractivity contribution in [1.82, 2.24) is 14.8 Å². The van der Waals surface area contributed by atoms with Crippen molar-refractivity contribution in [2.45, 2.75) is 33.2 Å². The average molecular weight is 500 g/mol. The number of rotatable bonds is 10. The smallest absolute Gasteiger partial charge is 0.257 e. The van der Waals surface area contributed by atoms with Crippen molar-refractivity contribution in [2.24, 2.45) is 0 Å². The van der Waals surface area contributed by atoms with Crippen molar-refractivity contribution < 1.29 is 14.4 Å². The summed E-state index contributed by atoms with van der Waals surface area (Å²) < 4.78 is 0. The highest BCUT2D eigenvalue weighted by molar-refractivity contribution is 6.17. The molecule has 37 heavy (non-hydrogen) atoms. The third-order valence-electron chi connectivity index (χ3n) is 6.59. The van der Waals surface area contributed by atoms with Gasteiger partial charge in [0.05, 0.1) is 16.9 Å². The Kier molecular flexibility index (Phi) is 8.64. The van der Waals surface area contributed by atoms with Gasteiger partial charge in [0.25, 0.3) is 5.91 Å². The van der Waals surface area contributed by atoms with Gasteiger partial charge in [0.15, 0.2) is 5.82 Å². The molecular weight excluding hydrogens is 466 g/mol. The zero-order chi connectivity index (χ0) is 26.2. The van der Waals surface area contributed by atoms with Crippen LogP contribution in [0.25, 0.3) is 0 Å². The largest absolute Gasteiger partial charge is 0.337 e. The molecule has 0 saturated carbocycles. The van der Waals surface area contributed by atoms with E-state index in [9.17, 15) is 14.4 Å². The van der Waals surface area contributed by atoms with Gasteiger partial charge < -0.3 is 15.1 Å². The van der Waals surface area contributed by atoms with Crippen LogP contribution in [-0.4, -0.2) is 58.7 Å². The summed E-state index contributed by atoms with van der Waals surface area (Å²) in [5.74, 6) is -0.328. The SMILES string of the molecule is CCN(CC)CCN(Cc1ccccc1)C(=O)CCC(=O)N1c2ccccc2C(=O)Nc2cccnc21.